The van der Waals surface area contributed by atoms with Crippen LogP contribution in [0.2, 0.25) is 10.0 Å². The fourth-order valence-corrected chi connectivity index (χ4v) is 8.24. The van der Waals surface area contributed by atoms with Crippen molar-refractivity contribution in [1.82, 2.24) is 10.2 Å². The van der Waals surface area contributed by atoms with Crippen LogP contribution in [-0.4, -0.2) is 30.0 Å². The highest BCUT2D eigenvalue weighted by Gasteiger charge is 2.37. The number of amides is 1. The van der Waals surface area contributed by atoms with E-state index in [9.17, 15) is 9.18 Å². The lowest BCUT2D eigenvalue weighted by Crippen LogP contribution is -2.51. The van der Waals surface area contributed by atoms with Crippen molar-refractivity contribution in [3.8, 4) is 34.4 Å². The Labute approximate surface area is 353 Å². The highest BCUT2D eigenvalue weighted by Crippen LogP contribution is 2.42. The van der Waals surface area contributed by atoms with Crippen LogP contribution in [0.3, 0.4) is 0 Å². The van der Waals surface area contributed by atoms with E-state index in [4.69, 9.17) is 42.7 Å². The quantitative estimate of drug-likeness (QED) is 0.132. The molecule has 0 spiro atoms. The number of carbonyl (C=O) groups excluding carboxylic acids is 1. The molecule has 0 radical (unpaired) electrons. The molecule has 0 fully saturated rings. The molecule has 7 nitrogen and oxygen atoms in total. The molecule has 0 saturated carbocycles. The predicted octanol–water partition coefficient (Wildman–Crippen LogP) is 11.0. The summed E-state index contributed by atoms with van der Waals surface area (Å²) >= 11 is 12.2. The molecule has 6 aromatic carbocycles. The molecule has 0 saturated heterocycles. The van der Waals surface area contributed by atoms with Crippen LogP contribution in [0.4, 0.5) is 4.39 Å². The summed E-state index contributed by atoms with van der Waals surface area (Å²) in [6.07, 6.45) is 1.70. The van der Waals surface area contributed by atoms with Gasteiger partial charge in [0.2, 0.25) is 5.91 Å². The summed E-state index contributed by atoms with van der Waals surface area (Å²) in [5, 5.41) is 13.3. The van der Waals surface area contributed by atoms with Crippen molar-refractivity contribution in [3.05, 3.63) is 182 Å². The Hall–Kier alpha value is -5.85. The molecule has 3 atom stereocenters. The molecule has 8 rings (SSSR count). The number of halogens is 3. The lowest BCUT2D eigenvalue weighted by atomic mass is 9.89. The molecule has 1 N–H and O–H groups in total. The second-order valence-corrected chi connectivity index (χ2v) is 15.7. The molecule has 0 bridgehead atoms. The molecule has 10 heteroatoms. The van der Waals surface area contributed by atoms with Gasteiger partial charge in [-0.2, -0.15) is 5.26 Å². The molecule has 2 aliphatic rings. The van der Waals surface area contributed by atoms with E-state index < -0.39 is 11.9 Å². The number of hydrogen-bond donors (Lipinski definition) is 1. The Morgan fingerprint density at radius 1 is 0.881 bits per heavy atom. The first-order valence-electron chi connectivity index (χ1n) is 19.8. The van der Waals surface area contributed by atoms with E-state index in [2.05, 4.69) is 35.3 Å². The molecule has 0 aliphatic carbocycles. The van der Waals surface area contributed by atoms with Gasteiger partial charge in [0.25, 0.3) is 0 Å². The number of benzene rings is 6. The zero-order valence-electron chi connectivity index (χ0n) is 32.5. The molecule has 2 heterocycles. The fourth-order valence-electron chi connectivity index (χ4n) is 7.92. The van der Waals surface area contributed by atoms with E-state index >= 15 is 0 Å². The van der Waals surface area contributed by atoms with Gasteiger partial charge in [0.15, 0.2) is 17.6 Å². The number of nitrogens with one attached hydrogen (secondary N) is 1. The van der Waals surface area contributed by atoms with Crippen molar-refractivity contribution in [2.75, 3.05) is 13.2 Å². The van der Waals surface area contributed by atoms with Gasteiger partial charge >= 0.3 is 0 Å². The minimum Gasteiger partial charge on any atom is -0.489 e. The van der Waals surface area contributed by atoms with Crippen molar-refractivity contribution in [1.29, 1.82) is 5.26 Å². The first kappa shape index (κ1) is 40.0. The summed E-state index contributed by atoms with van der Waals surface area (Å²) in [5.74, 6) is 1.53. The van der Waals surface area contributed by atoms with Crippen LogP contribution in [0.1, 0.15) is 64.4 Å². The lowest BCUT2D eigenvalue weighted by molar-refractivity contribution is -0.128. The van der Waals surface area contributed by atoms with Gasteiger partial charge in [-0.3, -0.25) is 9.69 Å². The molecule has 1 amide bonds. The zero-order valence-corrected chi connectivity index (χ0v) is 34.0. The predicted molar refractivity (Wildman–Crippen MR) is 228 cm³/mol. The Bertz CT molecular complexity index is 2490. The van der Waals surface area contributed by atoms with Crippen LogP contribution in [-0.2, 0) is 30.8 Å². The summed E-state index contributed by atoms with van der Waals surface area (Å²) in [4.78, 5) is 16.5. The van der Waals surface area contributed by atoms with Gasteiger partial charge in [0, 0.05) is 19.1 Å². The molecular weight excluding hydrogens is 784 g/mol. The van der Waals surface area contributed by atoms with Crippen LogP contribution >= 0.6 is 23.2 Å². The first-order valence-corrected chi connectivity index (χ1v) is 20.5. The average molecular weight is 827 g/mol. The van der Waals surface area contributed by atoms with Gasteiger partial charge in [-0.05, 0) is 112 Å². The summed E-state index contributed by atoms with van der Waals surface area (Å²) in [7, 11) is 0. The number of fused-ring (bicyclic) bond motifs is 2. The Kier molecular flexibility index (Phi) is 12.2. The summed E-state index contributed by atoms with van der Waals surface area (Å²) in [6.45, 7) is 3.92. The van der Waals surface area contributed by atoms with Gasteiger partial charge in [0.1, 0.15) is 30.8 Å². The number of carbonyl (C=O) groups is 1. The Morgan fingerprint density at radius 2 is 1.63 bits per heavy atom. The molecular formula is C49H42Cl2FN3O4. The second kappa shape index (κ2) is 18.0. The van der Waals surface area contributed by atoms with Crippen molar-refractivity contribution in [3.63, 3.8) is 0 Å². The molecule has 59 heavy (non-hydrogen) atoms. The van der Waals surface area contributed by atoms with Crippen molar-refractivity contribution in [2.24, 2.45) is 0 Å². The first-order chi connectivity index (χ1) is 28.8. The second-order valence-electron chi connectivity index (χ2n) is 14.9. The molecule has 2 aliphatic heterocycles. The fraction of sp³-hybridized carbons (Fsp3) is 0.224. The molecule has 298 valence electrons. The molecule has 6 aromatic rings. The minimum atomic E-state index is -0.536. The summed E-state index contributed by atoms with van der Waals surface area (Å²) < 4.78 is 33.1. The average Bonchev–Trinajstić information content (AvgIpc) is 3.26. The van der Waals surface area contributed by atoms with E-state index in [1.165, 1.54) is 17.7 Å². The van der Waals surface area contributed by atoms with Crippen LogP contribution in [0, 0.1) is 17.1 Å². The van der Waals surface area contributed by atoms with Crippen LogP contribution in [0.15, 0.2) is 127 Å². The number of hydrogen-bond acceptors (Lipinski definition) is 6. The number of rotatable bonds is 12. The maximum Gasteiger partial charge on any atom is 0.237 e. The summed E-state index contributed by atoms with van der Waals surface area (Å²) in [6, 6.07) is 41.8. The number of ether oxygens (including phenoxy) is 3. The SMILES string of the molecule is CCC(c1ccccc1)N1Cc2cc3c(cc2CC1C(=O)NCCc1ccc(-c2ccc(C#N)c(F)c2)cc1)OCC(c1ccc(OCc2ccc(Cl)c(Cl)c2)cc1)O3. The maximum absolute atomic E-state index is 14.2. The van der Waals surface area contributed by atoms with Crippen LogP contribution in [0.25, 0.3) is 11.1 Å². The van der Waals surface area contributed by atoms with Gasteiger partial charge in [-0.25, -0.2) is 4.39 Å². The maximum atomic E-state index is 14.2. The largest absolute Gasteiger partial charge is 0.489 e. The van der Waals surface area contributed by atoms with Crippen LogP contribution < -0.4 is 19.5 Å². The number of nitrogens with zero attached hydrogens (tertiary/aromatic N) is 2. The van der Waals surface area contributed by atoms with E-state index in [1.807, 2.05) is 84.9 Å². The third-order valence-corrected chi connectivity index (χ3v) is 11.8. The van der Waals surface area contributed by atoms with Crippen LogP contribution in [0.5, 0.6) is 17.2 Å². The van der Waals surface area contributed by atoms with Crippen molar-refractivity contribution < 1.29 is 23.4 Å². The third-order valence-electron chi connectivity index (χ3n) is 11.1. The standard InChI is InChI=1S/C49H42Cl2FN3O4/c1-2-44(34-6-4-3-5-7-34)55-28-39-26-47-46(58-30-48(59-47)35-15-17-40(18-16-35)57-29-32-10-19-41(50)42(51)22-32)25-38(39)24-45(55)49(56)54-21-20-31-8-11-33(12-9-31)36-13-14-37(27-53)43(52)23-36/h3-19,22-23,25-26,44-45,48H,2,20-21,24,28-30H2,1H3,(H,54,56). The van der Waals surface area contributed by atoms with E-state index in [0.29, 0.717) is 66.3 Å². The normalized spacial score (nSPS) is 16.4. The topological polar surface area (TPSA) is 83.8 Å². The van der Waals surface area contributed by atoms with E-state index in [0.717, 1.165) is 45.6 Å². The molecule has 3 unspecified atom stereocenters. The highest BCUT2D eigenvalue weighted by atomic mass is 35.5. The minimum absolute atomic E-state index is 0.0194. The lowest BCUT2D eigenvalue weighted by Gasteiger charge is -2.41. The van der Waals surface area contributed by atoms with Crippen molar-refractivity contribution >= 4 is 29.1 Å². The number of nitriles is 1. The van der Waals surface area contributed by atoms with Gasteiger partial charge in [0.05, 0.1) is 21.7 Å². The van der Waals surface area contributed by atoms with Crippen molar-refractivity contribution in [2.45, 2.75) is 57.5 Å². The Morgan fingerprint density at radius 3 is 2.36 bits per heavy atom. The van der Waals surface area contributed by atoms with Gasteiger partial charge in [-0.1, -0.05) is 109 Å². The highest BCUT2D eigenvalue weighted by molar-refractivity contribution is 6.42. The Balaban J connectivity index is 0.946. The smallest absolute Gasteiger partial charge is 0.237 e. The zero-order chi connectivity index (χ0) is 40.9. The molecule has 0 aromatic heterocycles. The van der Waals surface area contributed by atoms with Gasteiger partial charge in [-0.15, -0.1) is 0 Å². The monoisotopic (exact) mass is 825 g/mol. The van der Waals surface area contributed by atoms with E-state index in [-0.39, 0.29) is 23.6 Å². The van der Waals surface area contributed by atoms with E-state index in [1.54, 1.807) is 18.2 Å². The third kappa shape index (κ3) is 9.09. The van der Waals surface area contributed by atoms with Gasteiger partial charge < -0.3 is 19.5 Å². The summed E-state index contributed by atoms with van der Waals surface area (Å²) in [5.41, 5.74) is 7.88.